The fraction of sp³-hybridized carbons (Fsp3) is 0.736. The lowest BCUT2D eigenvalue weighted by Gasteiger charge is -2.41. The molecule has 0 unspecified atom stereocenters. The molecule has 4 rings (SSSR count). The number of anilines is 1. The van der Waals surface area contributed by atoms with Gasteiger partial charge in [-0.05, 0) is 99.8 Å². The molecule has 0 aromatic heterocycles. The van der Waals surface area contributed by atoms with Gasteiger partial charge in [0.05, 0.1) is 55.3 Å². The smallest absolute Gasteiger partial charge is 0.405 e. The van der Waals surface area contributed by atoms with Crippen molar-refractivity contribution in [1.29, 1.82) is 0 Å². The summed E-state index contributed by atoms with van der Waals surface area (Å²) < 4.78 is 12.1. The van der Waals surface area contributed by atoms with E-state index in [2.05, 4.69) is 36.8 Å². The van der Waals surface area contributed by atoms with Gasteiger partial charge in [-0.1, -0.05) is 67.0 Å². The van der Waals surface area contributed by atoms with E-state index in [0.29, 0.717) is 43.1 Å². The number of ether oxygens (including phenoxy) is 2. The van der Waals surface area contributed by atoms with Crippen LogP contribution < -0.4 is 37.6 Å². The number of hydrogen-bond donors (Lipinski definition) is 9. The molecule has 1 aliphatic carbocycles. The fourth-order valence-electron chi connectivity index (χ4n) is 11.4. The number of rotatable bonds is 29. The number of urea groups is 1. The van der Waals surface area contributed by atoms with E-state index in [0.717, 1.165) is 19.3 Å². The molecule has 2 bridgehead atoms. The lowest BCUT2D eigenvalue weighted by atomic mass is 9.89. The van der Waals surface area contributed by atoms with Crippen molar-refractivity contribution >= 4 is 53.3 Å². The molecule has 22 heteroatoms. The molecule has 1 aromatic rings. The second-order valence-electron chi connectivity index (χ2n) is 21.6. The number of benzene rings is 1. The van der Waals surface area contributed by atoms with Crippen LogP contribution in [0, 0.1) is 29.6 Å². The first-order chi connectivity index (χ1) is 35.5. The van der Waals surface area contributed by atoms with Crippen molar-refractivity contribution < 1.29 is 58.0 Å². The molecule has 75 heavy (non-hydrogen) atoms. The summed E-state index contributed by atoms with van der Waals surface area (Å²) in [7, 11) is 6.75. The van der Waals surface area contributed by atoms with Gasteiger partial charge in [0.25, 0.3) is 0 Å². The summed E-state index contributed by atoms with van der Waals surface area (Å²) in [5.41, 5.74) is 6.18. The molecule has 2 heterocycles. The van der Waals surface area contributed by atoms with E-state index < -0.39 is 96.7 Å². The summed E-state index contributed by atoms with van der Waals surface area (Å²) in [4.78, 5) is 112. The van der Waals surface area contributed by atoms with Crippen LogP contribution in [-0.4, -0.2) is 181 Å². The van der Waals surface area contributed by atoms with Crippen LogP contribution in [-0.2, 0) is 44.7 Å². The number of hydrogen-bond acceptors (Lipinski definition) is 12. The third-order valence-corrected chi connectivity index (χ3v) is 15.7. The van der Waals surface area contributed by atoms with Gasteiger partial charge in [-0.15, -0.1) is 0 Å². The van der Waals surface area contributed by atoms with Gasteiger partial charge in [-0.3, -0.25) is 33.7 Å². The van der Waals surface area contributed by atoms with E-state index in [9.17, 15) is 48.6 Å². The molecular weight excluding hydrogens is 969 g/mol. The highest BCUT2D eigenvalue weighted by Crippen LogP contribution is 2.41. The number of carbonyl (C=O) groups is 8. The summed E-state index contributed by atoms with van der Waals surface area (Å²) in [5.74, 6) is -3.48. The molecular formula is C53H88N10O12. The number of likely N-dealkylation sites (tertiary alicyclic amines) is 2. The molecule has 1 saturated carbocycles. The van der Waals surface area contributed by atoms with Crippen LogP contribution in [0.15, 0.2) is 24.3 Å². The number of carboxylic acid groups (broad SMARTS) is 1. The van der Waals surface area contributed by atoms with E-state index in [1.54, 1.807) is 61.9 Å². The van der Waals surface area contributed by atoms with Crippen molar-refractivity contribution in [3.63, 3.8) is 0 Å². The standard InChI is InChI=1S/C53H88N10O12/c1-12-31(6)44(62(9)51(70)43(30(4)5)59-50(69)45-34-20-21-37(26-34)61(45)8)40(74-10)27-41(65)63-23-15-19-39(63)46(75-11)32(7)47(66)57-36(28-64)25-33-16-13-17-35(24-33)56-48(67)38(18-14-22-55-52(54)71)58-49(68)42(29(2)3)60-53(72)73/h13,16-17,24,29-32,34,36-40,42-46,60,64H,12,14-15,18-23,25-28H2,1-11H3,(H,56,67)(H,57,66)(H,58,68)(H,59,69)(H,72,73)(H3,54,55,71)/t31-,32+,34-,36-,37+,38-,39-,40+,42-,43-,44-,45-,46+/m0/s1. The summed E-state index contributed by atoms with van der Waals surface area (Å²) in [5, 5.41) is 35.9. The SMILES string of the molecule is CC[C@H](C)[C@@H]([C@@H](CC(=O)N1CCC[C@H]1[C@H](OC)[C@@H](C)C(=O)N[C@H](CO)Cc1cccc(NC(=O)[C@H](CCCNC(N)=O)NC(=O)[C@@H](NC(=O)O)C(C)C)c1)OC)N(C)C(=O)[C@@H](NC(=O)[C@@H]1[C@H]2CC[C@H](C2)N1C)C(C)C. The van der Waals surface area contributed by atoms with Crippen molar-refractivity contribution in [2.75, 3.05) is 53.3 Å². The molecule has 1 aromatic carbocycles. The topological polar surface area (TPSA) is 303 Å². The highest BCUT2D eigenvalue weighted by Gasteiger charge is 2.49. The number of amides is 9. The van der Waals surface area contributed by atoms with Gasteiger partial charge in [0.2, 0.25) is 35.4 Å². The van der Waals surface area contributed by atoms with E-state index in [1.807, 2.05) is 34.7 Å². The first-order valence-electron chi connectivity index (χ1n) is 26.8. The summed E-state index contributed by atoms with van der Waals surface area (Å²) >= 11 is 0. The fourth-order valence-corrected chi connectivity index (χ4v) is 11.4. The first kappa shape index (κ1) is 62.0. The van der Waals surface area contributed by atoms with Gasteiger partial charge in [0.1, 0.15) is 18.1 Å². The molecule has 3 aliphatic rings. The van der Waals surface area contributed by atoms with Crippen molar-refractivity contribution in [2.45, 2.75) is 173 Å². The Labute approximate surface area is 443 Å². The van der Waals surface area contributed by atoms with E-state index in [1.165, 1.54) is 14.2 Å². The van der Waals surface area contributed by atoms with Crippen LogP contribution in [0.3, 0.4) is 0 Å². The van der Waals surface area contributed by atoms with Crippen molar-refractivity contribution in [1.82, 2.24) is 41.3 Å². The Morgan fingerprint density at radius 2 is 1.57 bits per heavy atom. The number of nitrogens with zero attached hydrogens (tertiary/aromatic N) is 3. The lowest BCUT2D eigenvalue weighted by Crippen LogP contribution is -2.60. The Balaban J connectivity index is 1.42. The average molecular weight is 1060 g/mol. The Morgan fingerprint density at radius 1 is 0.880 bits per heavy atom. The van der Waals surface area contributed by atoms with Gasteiger partial charge >= 0.3 is 12.1 Å². The van der Waals surface area contributed by atoms with Gasteiger partial charge in [-0.2, -0.15) is 0 Å². The molecule has 13 atom stereocenters. The molecule has 3 fully saturated rings. The van der Waals surface area contributed by atoms with E-state index in [4.69, 9.17) is 15.2 Å². The maximum absolute atomic E-state index is 14.5. The van der Waals surface area contributed by atoms with Crippen LogP contribution in [0.5, 0.6) is 0 Å². The number of nitrogens with two attached hydrogens (primary N) is 1. The minimum absolute atomic E-state index is 0.0377. The van der Waals surface area contributed by atoms with Gasteiger partial charge in [0, 0.05) is 46.1 Å². The molecule has 22 nitrogen and oxygen atoms in total. The monoisotopic (exact) mass is 1060 g/mol. The number of fused-ring (bicyclic) bond motifs is 2. The number of nitrogens with one attached hydrogen (secondary N) is 6. The third kappa shape index (κ3) is 16.7. The average Bonchev–Trinajstić information content (AvgIpc) is 4.12. The number of piperidine rings is 1. The number of methoxy groups -OCH3 is 2. The number of aliphatic hydroxyl groups excluding tert-OH is 1. The maximum Gasteiger partial charge on any atom is 0.405 e. The predicted molar refractivity (Wildman–Crippen MR) is 282 cm³/mol. The van der Waals surface area contributed by atoms with Gasteiger partial charge in [-0.25, -0.2) is 9.59 Å². The first-order valence-corrected chi connectivity index (χ1v) is 26.8. The van der Waals surface area contributed by atoms with Crippen LogP contribution in [0.4, 0.5) is 15.3 Å². The Kier molecular flexibility index (Phi) is 24.0. The van der Waals surface area contributed by atoms with Crippen molar-refractivity contribution in [3.05, 3.63) is 29.8 Å². The second-order valence-corrected chi connectivity index (χ2v) is 21.6. The zero-order chi connectivity index (χ0) is 55.8. The molecule has 0 spiro atoms. The zero-order valence-corrected chi connectivity index (χ0v) is 46.1. The van der Waals surface area contributed by atoms with Crippen LogP contribution in [0.1, 0.15) is 112 Å². The summed E-state index contributed by atoms with van der Waals surface area (Å²) in [6.07, 6.45) is 2.68. The maximum atomic E-state index is 14.5. The number of aliphatic hydroxyl groups is 1. The zero-order valence-electron chi connectivity index (χ0n) is 46.1. The highest BCUT2D eigenvalue weighted by molar-refractivity contribution is 5.98. The van der Waals surface area contributed by atoms with Crippen LogP contribution in [0.25, 0.3) is 0 Å². The lowest BCUT2D eigenvalue weighted by molar-refractivity contribution is -0.148. The number of carbonyl (C=O) groups excluding carboxylic acids is 7. The molecule has 422 valence electrons. The Hall–Kier alpha value is -5.58. The normalized spacial score (nSPS) is 22.0. The van der Waals surface area contributed by atoms with Crippen LogP contribution >= 0.6 is 0 Å². The van der Waals surface area contributed by atoms with E-state index in [-0.39, 0.29) is 73.7 Å². The van der Waals surface area contributed by atoms with Gasteiger partial charge < -0.3 is 67.1 Å². The highest BCUT2D eigenvalue weighted by atomic mass is 16.5. The molecule has 2 saturated heterocycles. The number of likely N-dealkylation sites (N-methyl/N-ethyl adjacent to an activating group) is 2. The minimum atomic E-state index is -1.40. The molecule has 2 aliphatic heterocycles. The van der Waals surface area contributed by atoms with E-state index >= 15 is 0 Å². The number of primary amides is 1. The summed E-state index contributed by atoms with van der Waals surface area (Å²) in [6.45, 7) is 13.0. The third-order valence-electron chi connectivity index (χ3n) is 15.7. The van der Waals surface area contributed by atoms with Crippen molar-refractivity contribution in [3.8, 4) is 0 Å². The minimum Gasteiger partial charge on any atom is -0.465 e. The second kappa shape index (κ2) is 29.1. The molecule has 9 amide bonds. The Morgan fingerprint density at radius 3 is 2.15 bits per heavy atom. The molecule has 10 N–H and O–H groups in total. The predicted octanol–water partition coefficient (Wildman–Crippen LogP) is 2.41. The quantitative estimate of drug-likeness (QED) is 0.0522. The largest absolute Gasteiger partial charge is 0.465 e. The van der Waals surface area contributed by atoms with Gasteiger partial charge in [0.15, 0.2) is 0 Å². The summed E-state index contributed by atoms with van der Waals surface area (Å²) in [6, 6.07) is 1.35. The van der Waals surface area contributed by atoms with Crippen molar-refractivity contribution in [2.24, 2.45) is 35.3 Å². The molecule has 0 radical (unpaired) electrons. The Bertz CT molecular complexity index is 2110. The van der Waals surface area contributed by atoms with Crippen LogP contribution in [0.2, 0.25) is 0 Å².